The van der Waals surface area contributed by atoms with Crippen molar-refractivity contribution in [3.8, 4) is 12.3 Å². The Morgan fingerprint density at radius 1 is 1.19 bits per heavy atom. The van der Waals surface area contributed by atoms with Gasteiger partial charge in [0.05, 0.1) is 6.10 Å². The van der Waals surface area contributed by atoms with E-state index in [1.54, 1.807) is 0 Å². The van der Waals surface area contributed by atoms with Gasteiger partial charge in [-0.2, -0.15) is 0 Å². The summed E-state index contributed by atoms with van der Waals surface area (Å²) in [7, 11) is 0. The molecule has 0 aliphatic heterocycles. The summed E-state index contributed by atoms with van der Waals surface area (Å²) in [6.07, 6.45) is 6.72. The predicted molar refractivity (Wildman–Crippen MR) is 97.3 cm³/mol. The van der Waals surface area contributed by atoms with E-state index in [2.05, 4.69) is 11.2 Å². The maximum atomic E-state index is 13.3. The van der Waals surface area contributed by atoms with Crippen molar-refractivity contribution < 1.29 is 13.9 Å². The van der Waals surface area contributed by atoms with Crippen molar-refractivity contribution >= 4 is 0 Å². The van der Waals surface area contributed by atoms with Crippen molar-refractivity contribution in [2.75, 3.05) is 6.54 Å². The van der Waals surface area contributed by atoms with Gasteiger partial charge in [0, 0.05) is 29.8 Å². The number of halogens is 2. The van der Waals surface area contributed by atoms with Crippen LogP contribution in [-0.4, -0.2) is 23.8 Å². The lowest BCUT2D eigenvalue weighted by Gasteiger charge is -2.24. The third kappa shape index (κ3) is 4.28. The third-order valence-corrected chi connectivity index (χ3v) is 4.87. The van der Waals surface area contributed by atoms with Crippen molar-refractivity contribution in [2.45, 2.75) is 36.9 Å². The first-order chi connectivity index (χ1) is 12.4. The van der Waals surface area contributed by atoms with Crippen molar-refractivity contribution in [1.29, 1.82) is 0 Å². The zero-order valence-corrected chi connectivity index (χ0v) is 14.4. The molecule has 0 heterocycles. The monoisotopic (exact) mass is 356 g/mol. The molecule has 1 fully saturated rings. The van der Waals surface area contributed by atoms with Crippen molar-refractivity contribution in [1.82, 2.24) is 5.32 Å². The van der Waals surface area contributed by atoms with Gasteiger partial charge in [-0.15, -0.1) is 6.42 Å². The lowest BCUT2D eigenvalue weighted by molar-refractivity contribution is 0.136. The van der Waals surface area contributed by atoms with Crippen LogP contribution >= 0.6 is 0 Å². The molecule has 0 aromatic heterocycles. The van der Waals surface area contributed by atoms with Gasteiger partial charge in [-0.1, -0.05) is 18.1 Å². The molecule has 1 aliphatic rings. The molecular formula is C21H22F2N2O. The van der Waals surface area contributed by atoms with E-state index < -0.39 is 23.8 Å². The molecule has 3 nitrogen and oxygen atoms in total. The second-order valence-electron chi connectivity index (χ2n) is 6.90. The van der Waals surface area contributed by atoms with E-state index >= 15 is 0 Å². The van der Waals surface area contributed by atoms with Crippen molar-refractivity contribution in [3.05, 3.63) is 70.8 Å². The highest BCUT2D eigenvalue weighted by Crippen LogP contribution is 2.45. The molecule has 136 valence electrons. The Morgan fingerprint density at radius 2 is 1.88 bits per heavy atom. The summed E-state index contributed by atoms with van der Waals surface area (Å²) in [6.45, 7) is 0.291. The Morgan fingerprint density at radius 3 is 2.50 bits per heavy atom. The number of hydrogen-bond donors (Lipinski definition) is 3. The molecule has 0 bridgehead atoms. The molecule has 1 saturated carbocycles. The summed E-state index contributed by atoms with van der Waals surface area (Å²) >= 11 is 0. The number of benzene rings is 2. The maximum absolute atomic E-state index is 13.3. The van der Waals surface area contributed by atoms with E-state index in [1.165, 1.54) is 12.1 Å². The fourth-order valence-electron chi connectivity index (χ4n) is 3.19. The molecule has 0 radical (unpaired) electrons. The first-order valence-corrected chi connectivity index (χ1v) is 8.63. The summed E-state index contributed by atoms with van der Waals surface area (Å²) < 4.78 is 26.5. The summed E-state index contributed by atoms with van der Waals surface area (Å²) in [4.78, 5) is 0. The molecule has 2 atom stereocenters. The van der Waals surface area contributed by atoms with Crippen LogP contribution < -0.4 is 11.1 Å². The Kier molecular flexibility index (Phi) is 5.38. The average Bonchev–Trinajstić information content (AvgIpc) is 3.40. The van der Waals surface area contributed by atoms with E-state index in [0.717, 1.165) is 30.0 Å². The molecule has 4 N–H and O–H groups in total. The van der Waals surface area contributed by atoms with Gasteiger partial charge >= 0.3 is 0 Å². The van der Waals surface area contributed by atoms with Gasteiger partial charge in [-0.05, 0) is 54.7 Å². The molecule has 2 unspecified atom stereocenters. The molecular weight excluding hydrogens is 334 g/mol. The zero-order chi connectivity index (χ0) is 18.7. The van der Waals surface area contributed by atoms with Crippen LogP contribution in [0.15, 0.2) is 42.5 Å². The van der Waals surface area contributed by atoms with Gasteiger partial charge in [0.2, 0.25) is 0 Å². The number of aliphatic hydroxyl groups is 1. The molecule has 2 aromatic rings. The van der Waals surface area contributed by atoms with E-state index in [4.69, 9.17) is 12.2 Å². The molecule has 1 aliphatic carbocycles. The number of aliphatic hydroxyl groups excluding tert-OH is 1. The van der Waals surface area contributed by atoms with Crippen LogP contribution in [0.5, 0.6) is 0 Å². The van der Waals surface area contributed by atoms with Crippen molar-refractivity contribution in [3.63, 3.8) is 0 Å². The molecule has 0 saturated heterocycles. The van der Waals surface area contributed by atoms with E-state index in [9.17, 15) is 13.9 Å². The minimum absolute atomic E-state index is 0.182. The standard InChI is InChI=1S/C21H22F2N2O/c1-2-14-4-3-5-16(8-14)21(6-7-21)25-13-20(26)19(24)11-15-9-17(22)12-18(23)10-15/h1,3-5,8-10,12,19-20,25-26H,6-7,11,13,24H2. The summed E-state index contributed by atoms with van der Waals surface area (Å²) in [6, 6.07) is 10.4. The predicted octanol–water partition coefficient (Wildman–Crippen LogP) is 2.46. The van der Waals surface area contributed by atoms with Crippen LogP contribution in [0.3, 0.4) is 0 Å². The Labute approximate surface area is 152 Å². The van der Waals surface area contributed by atoms with E-state index in [-0.39, 0.29) is 12.0 Å². The molecule has 5 heteroatoms. The minimum Gasteiger partial charge on any atom is -0.390 e. The number of nitrogens with two attached hydrogens (primary N) is 1. The first kappa shape index (κ1) is 18.5. The highest BCUT2D eigenvalue weighted by molar-refractivity contribution is 5.40. The zero-order valence-electron chi connectivity index (χ0n) is 14.4. The molecule has 2 aromatic carbocycles. The van der Waals surface area contributed by atoms with Gasteiger partial charge in [0.25, 0.3) is 0 Å². The van der Waals surface area contributed by atoms with E-state index in [0.29, 0.717) is 12.1 Å². The van der Waals surface area contributed by atoms with Gasteiger partial charge in [0.1, 0.15) is 11.6 Å². The van der Waals surface area contributed by atoms with Crippen molar-refractivity contribution in [2.24, 2.45) is 5.73 Å². The highest BCUT2D eigenvalue weighted by atomic mass is 19.1. The van der Waals surface area contributed by atoms with Crippen LogP contribution in [0.1, 0.15) is 29.5 Å². The SMILES string of the molecule is C#Cc1cccc(C2(NCC(O)C(N)Cc3cc(F)cc(F)c3)CC2)c1. The van der Waals surface area contributed by atoms with E-state index in [1.807, 2.05) is 24.3 Å². The second kappa shape index (κ2) is 7.55. The first-order valence-electron chi connectivity index (χ1n) is 8.63. The van der Waals surface area contributed by atoms with Gasteiger partial charge in [-0.3, -0.25) is 0 Å². The fourth-order valence-corrected chi connectivity index (χ4v) is 3.19. The summed E-state index contributed by atoms with van der Waals surface area (Å²) in [5, 5.41) is 13.7. The molecule has 26 heavy (non-hydrogen) atoms. The lowest BCUT2D eigenvalue weighted by atomic mass is 9.99. The molecule has 0 amide bonds. The minimum atomic E-state index is -0.838. The second-order valence-corrected chi connectivity index (χ2v) is 6.90. The average molecular weight is 356 g/mol. The van der Waals surface area contributed by atoms with Gasteiger partial charge in [0.15, 0.2) is 0 Å². The molecule has 3 rings (SSSR count). The number of terminal acetylenes is 1. The van der Waals surface area contributed by atoms with Gasteiger partial charge in [-0.25, -0.2) is 8.78 Å². The topological polar surface area (TPSA) is 58.3 Å². The Hall–Kier alpha value is -2.26. The maximum Gasteiger partial charge on any atom is 0.126 e. The highest BCUT2D eigenvalue weighted by Gasteiger charge is 2.44. The van der Waals surface area contributed by atoms with Gasteiger partial charge < -0.3 is 16.2 Å². The van der Waals surface area contributed by atoms with Crippen LogP contribution in [0.4, 0.5) is 8.78 Å². The molecule has 0 spiro atoms. The lowest BCUT2D eigenvalue weighted by Crippen LogP contribution is -2.45. The normalized spacial score (nSPS) is 17.3. The summed E-state index contributed by atoms with van der Waals surface area (Å²) in [5.41, 5.74) is 8.19. The summed E-state index contributed by atoms with van der Waals surface area (Å²) in [5.74, 6) is 1.33. The van der Waals surface area contributed by atoms with Crippen LogP contribution in [0.2, 0.25) is 0 Å². The fraction of sp³-hybridized carbons (Fsp3) is 0.333. The Bertz CT molecular complexity index is 807. The van der Waals surface area contributed by atoms with Crippen LogP contribution in [-0.2, 0) is 12.0 Å². The van der Waals surface area contributed by atoms with Crippen LogP contribution in [0.25, 0.3) is 0 Å². The largest absolute Gasteiger partial charge is 0.390 e. The quantitative estimate of drug-likeness (QED) is 0.668. The number of rotatable bonds is 7. The Balaban J connectivity index is 1.59. The number of nitrogens with one attached hydrogen (secondary N) is 1. The number of hydrogen-bond acceptors (Lipinski definition) is 3. The third-order valence-electron chi connectivity index (χ3n) is 4.87. The smallest absolute Gasteiger partial charge is 0.126 e. The van der Waals surface area contributed by atoms with Crippen LogP contribution in [0, 0.1) is 24.0 Å².